The molecular formula is C22H18ClN4O2S-. The molecule has 0 amide bonds. The van der Waals surface area contributed by atoms with Crippen molar-refractivity contribution < 1.29 is 8.42 Å². The number of halogens is 1. The van der Waals surface area contributed by atoms with E-state index in [2.05, 4.69) is 20.0 Å². The maximum Gasteiger partial charge on any atom is 0.202 e. The molecule has 0 atom stereocenters. The lowest BCUT2D eigenvalue weighted by molar-refractivity contribution is 0.603. The Kier molecular flexibility index (Phi) is 5.32. The van der Waals surface area contributed by atoms with E-state index >= 15 is 0 Å². The number of hydrogen-bond acceptors (Lipinski definition) is 5. The lowest BCUT2D eigenvalue weighted by Gasteiger charge is -2.21. The number of aryl methyl sites for hydroxylation is 2. The molecule has 3 aromatic carbocycles. The molecule has 8 heteroatoms. The Morgan fingerprint density at radius 2 is 1.53 bits per heavy atom. The molecular weight excluding hydrogens is 420 g/mol. The van der Waals surface area contributed by atoms with Crippen molar-refractivity contribution in [2.45, 2.75) is 18.7 Å². The summed E-state index contributed by atoms with van der Waals surface area (Å²) in [7, 11) is -4.00. The monoisotopic (exact) mass is 437 g/mol. The molecule has 0 aliphatic carbocycles. The summed E-state index contributed by atoms with van der Waals surface area (Å²) in [5.74, 6) is 0.168. The van der Waals surface area contributed by atoms with Crippen LogP contribution in [0.2, 0.25) is 5.02 Å². The number of nitrogens with zero attached hydrogens (tertiary/aromatic N) is 3. The van der Waals surface area contributed by atoms with Crippen LogP contribution in [0.1, 0.15) is 11.1 Å². The summed E-state index contributed by atoms with van der Waals surface area (Å²) in [4.78, 5) is 9.07. The molecule has 0 aliphatic heterocycles. The number of anilines is 2. The molecule has 0 unspecified atom stereocenters. The Morgan fingerprint density at radius 3 is 2.23 bits per heavy atom. The second-order valence-corrected chi connectivity index (χ2v) is 8.81. The zero-order valence-electron chi connectivity index (χ0n) is 16.3. The van der Waals surface area contributed by atoms with Gasteiger partial charge < -0.3 is 15.0 Å². The lowest BCUT2D eigenvalue weighted by Crippen LogP contribution is -2.03. The van der Waals surface area contributed by atoms with Gasteiger partial charge in [0.25, 0.3) is 0 Å². The number of hydrogen-bond donors (Lipinski definition) is 1. The predicted octanol–water partition coefficient (Wildman–Crippen LogP) is 6.04. The van der Waals surface area contributed by atoms with Gasteiger partial charge in [-0.25, -0.2) is 13.4 Å². The van der Waals surface area contributed by atoms with E-state index in [4.69, 9.17) is 11.6 Å². The minimum atomic E-state index is -4.00. The van der Waals surface area contributed by atoms with E-state index in [0.717, 1.165) is 11.1 Å². The topological polar surface area (TPSA) is 86.1 Å². The van der Waals surface area contributed by atoms with Crippen molar-refractivity contribution in [2.24, 2.45) is 0 Å². The molecule has 30 heavy (non-hydrogen) atoms. The Balaban J connectivity index is 1.80. The van der Waals surface area contributed by atoms with Crippen molar-refractivity contribution in [3.05, 3.63) is 87.6 Å². The zero-order chi connectivity index (χ0) is 21.3. The molecule has 0 spiro atoms. The van der Waals surface area contributed by atoms with E-state index in [1.54, 1.807) is 48.5 Å². The molecule has 4 rings (SSSR count). The Morgan fingerprint density at radius 1 is 0.867 bits per heavy atom. The summed E-state index contributed by atoms with van der Waals surface area (Å²) >= 11 is 6.25. The smallest absolute Gasteiger partial charge is 0.202 e. The highest BCUT2D eigenvalue weighted by Crippen LogP contribution is 2.36. The highest BCUT2D eigenvalue weighted by atomic mass is 35.5. The summed E-state index contributed by atoms with van der Waals surface area (Å²) in [5.41, 5.74) is 3.58. The molecule has 0 saturated carbocycles. The van der Waals surface area contributed by atoms with Crippen LogP contribution in [-0.4, -0.2) is 18.4 Å². The fourth-order valence-corrected chi connectivity index (χ4v) is 4.08. The number of benzene rings is 3. The predicted molar refractivity (Wildman–Crippen MR) is 120 cm³/mol. The average Bonchev–Trinajstić information content (AvgIpc) is 2.72. The summed E-state index contributed by atoms with van der Waals surface area (Å²) in [5, 5.41) is 3.53. The van der Waals surface area contributed by atoms with Gasteiger partial charge in [-0.2, -0.15) is 0 Å². The van der Waals surface area contributed by atoms with Crippen LogP contribution in [0.25, 0.3) is 15.8 Å². The molecule has 0 radical (unpaired) electrons. The maximum atomic E-state index is 13.0. The van der Waals surface area contributed by atoms with Crippen LogP contribution in [0.4, 0.5) is 17.3 Å². The van der Waals surface area contributed by atoms with Gasteiger partial charge in [-0.15, -0.1) is 0 Å². The zero-order valence-corrected chi connectivity index (χ0v) is 17.9. The van der Waals surface area contributed by atoms with Crippen molar-refractivity contribution in [1.82, 2.24) is 9.97 Å². The van der Waals surface area contributed by atoms with Gasteiger partial charge in [0, 0.05) is 0 Å². The molecule has 0 fully saturated rings. The van der Waals surface area contributed by atoms with Crippen molar-refractivity contribution in [1.29, 1.82) is 0 Å². The number of rotatable bonds is 5. The normalized spacial score (nSPS) is 11.4. The largest absolute Gasteiger partial charge is 0.431 e. The van der Waals surface area contributed by atoms with E-state index in [1.807, 2.05) is 26.0 Å². The third-order valence-corrected chi connectivity index (χ3v) is 6.25. The van der Waals surface area contributed by atoms with Crippen molar-refractivity contribution in [3.8, 4) is 0 Å². The first-order valence-electron chi connectivity index (χ1n) is 9.17. The van der Waals surface area contributed by atoms with Crippen LogP contribution in [0.15, 0.2) is 71.6 Å². The highest BCUT2D eigenvalue weighted by molar-refractivity contribution is 7.94. The summed E-state index contributed by atoms with van der Waals surface area (Å²) in [6.45, 7) is 3.78. The number of para-hydroxylation sites is 3. The maximum absolute atomic E-state index is 13.0. The Hall–Kier alpha value is -3.16. The minimum Gasteiger partial charge on any atom is -0.431 e. The highest BCUT2D eigenvalue weighted by Gasteiger charge is 2.14. The van der Waals surface area contributed by atoms with Crippen LogP contribution in [0, 0.1) is 13.8 Å². The van der Waals surface area contributed by atoms with Crippen molar-refractivity contribution in [3.63, 3.8) is 0 Å². The van der Waals surface area contributed by atoms with Gasteiger partial charge in [0.15, 0.2) is 0 Å². The van der Waals surface area contributed by atoms with E-state index < -0.39 is 10.0 Å². The van der Waals surface area contributed by atoms with Crippen LogP contribution in [-0.2, 0) is 10.0 Å². The van der Waals surface area contributed by atoms with Gasteiger partial charge in [0.2, 0.25) is 10.0 Å². The van der Waals surface area contributed by atoms with E-state index in [1.165, 1.54) is 6.07 Å². The SMILES string of the molecule is Cc1ccc(S(=O)(=O)[N-]c2nc3ccccc3nc2Nc2ccccc2Cl)cc1C. The fraction of sp³-hybridized carbons (Fsp3) is 0.0909. The second-order valence-electron chi connectivity index (χ2n) is 6.80. The molecule has 1 N–H and O–H groups in total. The second kappa shape index (κ2) is 7.93. The Bertz CT molecular complexity index is 1360. The van der Waals surface area contributed by atoms with E-state index in [-0.39, 0.29) is 16.5 Å². The summed E-state index contributed by atoms with van der Waals surface area (Å²) < 4.78 is 30.0. The summed E-state index contributed by atoms with van der Waals surface area (Å²) in [6, 6.07) is 19.2. The van der Waals surface area contributed by atoms with Gasteiger partial charge in [-0.3, -0.25) is 0 Å². The molecule has 1 aromatic heterocycles. The van der Waals surface area contributed by atoms with Crippen LogP contribution < -0.4 is 5.32 Å². The number of nitrogens with one attached hydrogen (secondary N) is 1. The molecule has 0 aliphatic rings. The molecule has 1 heterocycles. The van der Waals surface area contributed by atoms with Crippen LogP contribution in [0.5, 0.6) is 0 Å². The van der Waals surface area contributed by atoms with Crippen molar-refractivity contribution >= 4 is 50.0 Å². The standard InChI is InChI=1S/C22H18ClN4O2S/c1-14-11-12-16(13-15(14)2)30(28,29)27-22-21(24-18-8-4-3-7-17(18)23)25-19-9-5-6-10-20(19)26-22/h3-13H,1-2H3,(H-,24,25,26,27)/q-1. The number of aromatic nitrogens is 2. The Labute approximate surface area is 180 Å². The first kappa shape index (κ1) is 20.1. The van der Waals surface area contributed by atoms with Crippen LogP contribution >= 0.6 is 11.6 Å². The molecule has 152 valence electrons. The molecule has 0 saturated heterocycles. The van der Waals surface area contributed by atoms with Gasteiger partial charge >= 0.3 is 0 Å². The molecule has 0 bridgehead atoms. The van der Waals surface area contributed by atoms with Gasteiger partial charge in [0.1, 0.15) is 5.82 Å². The van der Waals surface area contributed by atoms with E-state index in [0.29, 0.717) is 21.7 Å². The van der Waals surface area contributed by atoms with Gasteiger partial charge in [-0.1, -0.05) is 48.0 Å². The van der Waals surface area contributed by atoms with Gasteiger partial charge in [-0.05, 0) is 66.6 Å². The number of fused-ring (bicyclic) bond motifs is 1. The first-order chi connectivity index (χ1) is 14.3. The number of sulfonamides is 1. The quantitative estimate of drug-likeness (QED) is 0.411. The molecule has 6 nitrogen and oxygen atoms in total. The average molecular weight is 438 g/mol. The minimum absolute atomic E-state index is 0.0353. The summed E-state index contributed by atoms with van der Waals surface area (Å²) in [6.07, 6.45) is 0. The lowest BCUT2D eigenvalue weighted by atomic mass is 10.1. The third kappa shape index (κ3) is 4.08. The van der Waals surface area contributed by atoms with Crippen molar-refractivity contribution in [2.75, 3.05) is 5.32 Å². The van der Waals surface area contributed by atoms with Gasteiger partial charge in [0.05, 0.1) is 21.1 Å². The first-order valence-corrected chi connectivity index (χ1v) is 11.0. The molecule has 4 aromatic rings. The van der Waals surface area contributed by atoms with E-state index in [9.17, 15) is 8.42 Å². The fourth-order valence-electron chi connectivity index (χ4n) is 2.87. The van der Waals surface area contributed by atoms with Crippen LogP contribution in [0.3, 0.4) is 0 Å². The third-order valence-electron chi connectivity index (χ3n) is 4.66.